The lowest BCUT2D eigenvalue weighted by atomic mass is 10.3. The van der Waals surface area contributed by atoms with Crippen LogP contribution in [0.2, 0.25) is 0 Å². The summed E-state index contributed by atoms with van der Waals surface area (Å²) in [6.07, 6.45) is 1.29. The molecule has 1 fully saturated rings. The molecular weight excluding hydrogens is 362 g/mol. The van der Waals surface area contributed by atoms with Gasteiger partial charge in [-0.25, -0.2) is 24.0 Å². The van der Waals surface area contributed by atoms with E-state index in [-0.39, 0.29) is 23.4 Å². The third kappa shape index (κ3) is 4.34. The minimum atomic E-state index is -3.73. The van der Waals surface area contributed by atoms with Gasteiger partial charge in [0.25, 0.3) is 0 Å². The van der Waals surface area contributed by atoms with E-state index < -0.39 is 10.0 Å². The number of nitrogens with two attached hydrogens (primary N) is 1. The lowest BCUT2D eigenvalue weighted by molar-refractivity contribution is -0.0156. The summed E-state index contributed by atoms with van der Waals surface area (Å²) >= 11 is 3.20. The van der Waals surface area contributed by atoms with Gasteiger partial charge in [-0.3, -0.25) is 0 Å². The molecule has 2 rings (SSSR count). The van der Waals surface area contributed by atoms with Gasteiger partial charge in [-0.15, -0.1) is 0 Å². The first-order valence-corrected chi connectivity index (χ1v) is 8.62. The van der Waals surface area contributed by atoms with Crippen LogP contribution in [0.1, 0.15) is 0 Å². The zero-order chi connectivity index (χ0) is 15.5. The number of rotatable bonds is 5. The van der Waals surface area contributed by atoms with E-state index in [1.165, 1.54) is 12.3 Å². The number of hydrogen-bond acceptors (Lipinski definition) is 7. The van der Waals surface area contributed by atoms with Gasteiger partial charge in [-0.1, -0.05) is 0 Å². The van der Waals surface area contributed by atoms with Gasteiger partial charge >= 0.3 is 0 Å². The molecule has 21 heavy (non-hydrogen) atoms. The average Bonchev–Trinajstić information content (AvgIpc) is 2.45. The second-order valence-corrected chi connectivity index (χ2v) is 7.40. The van der Waals surface area contributed by atoms with Crippen molar-refractivity contribution < 1.29 is 13.2 Å². The maximum absolute atomic E-state index is 12.4. The lowest BCUT2D eigenvalue weighted by Crippen LogP contribution is -2.46. The Morgan fingerprint density at radius 1 is 1.62 bits per heavy atom. The maximum Gasteiger partial charge on any atom is 0.244 e. The van der Waals surface area contributed by atoms with Crippen molar-refractivity contribution in [3.05, 3.63) is 16.7 Å². The van der Waals surface area contributed by atoms with Crippen molar-refractivity contribution in [1.82, 2.24) is 14.6 Å². The summed E-state index contributed by atoms with van der Waals surface area (Å²) in [5.41, 5.74) is 2.28. The Hall–Kier alpha value is -0.780. The van der Waals surface area contributed by atoms with E-state index in [9.17, 15) is 8.42 Å². The minimum Gasteiger partial charge on any atom is -0.374 e. The van der Waals surface area contributed by atoms with Crippen molar-refractivity contribution in [1.29, 1.82) is 0 Å². The highest BCUT2D eigenvalue weighted by Gasteiger charge is 2.24. The Balaban J connectivity index is 2.09. The fourth-order valence-electron chi connectivity index (χ4n) is 2.00. The Labute approximate surface area is 132 Å². The van der Waals surface area contributed by atoms with Crippen molar-refractivity contribution in [2.45, 2.75) is 11.0 Å². The molecule has 1 aliphatic rings. The molecule has 0 aliphatic carbocycles. The molecular formula is C11H18BrN5O3S. The Kier molecular flexibility index (Phi) is 5.52. The first-order chi connectivity index (χ1) is 9.92. The standard InChI is InChI=1S/C11H18BrN5O3S/c1-17-2-3-20-9(7-17)6-15-21(18,19)10-4-8(12)5-14-11(10)16-13/h4-5,9,15H,2-3,6-7,13H2,1H3,(H,14,16). The SMILES string of the molecule is CN1CCOC(CNS(=O)(=O)c2cc(Br)cnc2NN)C1. The van der Waals surface area contributed by atoms with Gasteiger partial charge in [0.1, 0.15) is 4.90 Å². The lowest BCUT2D eigenvalue weighted by Gasteiger charge is -2.30. The molecule has 1 atom stereocenters. The molecule has 1 saturated heterocycles. The summed E-state index contributed by atoms with van der Waals surface area (Å²) in [6, 6.07) is 1.44. The van der Waals surface area contributed by atoms with E-state index >= 15 is 0 Å². The first kappa shape index (κ1) is 16.6. The second kappa shape index (κ2) is 6.99. The maximum atomic E-state index is 12.4. The highest BCUT2D eigenvalue weighted by atomic mass is 79.9. The fourth-order valence-corrected chi connectivity index (χ4v) is 3.70. The van der Waals surface area contributed by atoms with Crippen LogP contribution in [0.4, 0.5) is 5.82 Å². The Morgan fingerprint density at radius 3 is 3.05 bits per heavy atom. The zero-order valence-corrected chi connectivity index (χ0v) is 13.9. The number of halogens is 1. The summed E-state index contributed by atoms with van der Waals surface area (Å²) in [4.78, 5) is 6.01. The molecule has 0 saturated carbocycles. The summed E-state index contributed by atoms with van der Waals surface area (Å²) < 4.78 is 33.3. The molecule has 118 valence electrons. The number of nitrogens with one attached hydrogen (secondary N) is 2. The largest absolute Gasteiger partial charge is 0.374 e. The number of pyridine rings is 1. The molecule has 1 aliphatic heterocycles. The predicted octanol–water partition coefficient (Wildman–Crippen LogP) is -0.261. The fraction of sp³-hybridized carbons (Fsp3) is 0.545. The number of hydrogen-bond donors (Lipinski definition) is 3. The number of hydrazine groups is 1. The molecule has 1 unspecified atom stereocenters. The third-order valence-electron chi connectivity index (χ3n) is 3.09. The Morgan fingerprint density at radius 2 is 2.38 bits per heavy atom. The average molecular weight is 380 g/mol. The van der Waals surface area contributed by atoms with Crippen molar-refractivity contribution in [3.63, 3.8) is 0 Å². The number of likely N-dealkylation sites (N-methyl/N-ethyl adjacent to an activating group) is 1. The van der Waals surface area contributed by atoms with Crippen LogP contribution in [0.25, 0.3) is 0 Å². The number of aromatic nitrogens is 1. The topological polar surface area (TPSA) is 110 Å². The van der Waals surface area contributed by atoms with Crippen LogP contribution in [-0.2, 0) is 14.8 Å². The molecule has 1 aromatic heterocycles. The quantitative estimate of drug-likeness (QED) is 0.477. The number of ether oxygens (including phenoxy) is 1. The van der Waals surface area contributed by atoms with Gasteiger partial charge < -0.3 is 15.1 Å². The molecule has 0 spiro atoms. The molecule has 4 N–H and O–H groups in total. The summed E-state index contributed by atoms with van der Waals surface area (Å²) in [5.74, 6) is 5.39. The van der Waals surface area contributed by atoms with Gasteiger partial charge in [0.05, 0.1) is 12.7 Å². The summed E-state index contributed by atoms with van der Waals surface area (Å²) in [5, 5.41) is 0. The minimum absolute atomic E-state index is 0.0106. The monoisotopic (exact) mass is 379 g/mol. The molecule has 0 amide bonds. The van der Waals surface area contributed by atoms with Crippen LogP contribution in [0.3, 0.4) is 0 Å². The summed E-state index contributed by atoms with van der Waals surface area (Å²) in [7, 11) is -1.75. The molecule has 8 nitrogen and oxygen atoms in total. The van der Waals surface area contributed by atoms with Crippen LogP contribution in [0.5, 0.6) is 0 Å². The molecule has 1 aromatic rings. The van der Waals surface area contributed by atoms with Crippen molar-refractivity contribution in [3.8, 4) is 0 Å². The highest BCUT2D eigenvalue weighted by molar-refractivity contribution is 9.10. The molecule has 0 bridgehead atoms. The van der Waals surface area contributed by atoms with Gasteiger partial charge in [0, 0.05) is 30.3 Å². The number of nitrogen functional groups attached to an aromatic ring is 1. The highest BCUT2D eigenvalue weighted by Crippen LogP contribution is 2.22. The van der Waals surface area contributed by atoms with Crippen molar-refractivity contribution in [2.75, 3.05) is 38.7 Å². The van der Waals surface area contributed by atoms with E-state index in [4.69, 9.17) is 10.6 Å². The Bertz CT molecular complexity index is 598. The molecule has 0 radical (unpaired) electrons. The number of nitrogens with zero attached hydrogens (tertiary/aromatic N) is 2. The van der Waals surface area contributed by atoms with E-state index in [0.29, 0.717) is 17.6 Å². The smallest absolute Gasteiger partial charge is 0.244 e. The molecule has 0 aromatic carbocycles. The normalized spacial score (nSPS) is 20.4. The number of sulfonamides is 1. The van der Waals surface area contributed by atoms with Gasteiger partial charge in [0.2, 0.25) is 10.0 Å². The number of anilines is 1. The molecule has 2 heterocycles. The third-order valence-corrected chi connectivity index (χ3v) is 4.96. The van der Waals surface area contributed by atoms with Crippen LogP contribution in [-0.4, -0.2) is 57.7 Å². The molecule has 10 heteroatoms. The van der Waals surface area contributed by atoms with Crippen LogP contribution < -0.4 is 16.0 Å². The van der Waals surface area contributed by atoms with E-state index in [1.54, 1.807) is 0 Å². The van der Waals surface area contributed by atoms with Gasteiger partial charge in [-0.05, 0) is 29.0 Å². The van der Waals surface area contributed by atoms with Crippen LogP contribution in [0, 0.1) is 0 Å². The first-order valence-electron chi connectivity index (χ1n) is 6.34. The number of morpholine rings is 1. The predicted molar refractivity (Wildman–Crippen MR) is 82.2 cm³/mol. The van der Waals surface area contributed by atoms with Gasteiger partial charge in [0.15, 0.2) is 5.82 Å². The van der Waals surface area contributed by atoms with Crippen LogP contribution in [0.15, 0.2) is 21.6 Å². The van der Waals surface area contributed by atoms with E-state index in [0.717, 1.165) is 6.54 Å². The van der Waals surface area contributed by atoms with Gasteiger partial charge in [-0.2, -0.15) is 0 Å². The second-order valence-electron chi connectivity index (χ2n) is 4.75. The van der Waals surface area contributed by atoms with E-state index in [1.807, 2.05) is 7.05 Å². The van der Waals surface area contributed by atoms with Crippen LogP contribution >= 0.6 is 15.9 Å². The summed E-state index contributed by atoms with van der Waals surface area (Å²) in [6.45, 7) is 2.32. The van der Waals surface area contributed by atoms with Crippen molar-refractivity contribution >= 4 is 31.8 Å². The van der Waals surface area contributed by atoms with Crippen molar-refractivity contribution in [2.24, 2.45) is 5.84 Å². The zero-order valence-electron chi connectivity index (χ0n) is 11.5. The van der Waals surface area contributed by atoms with E-state index in [2.05, 4.69) is 36.0 Å².